The third-order valence-electron chi connectivity index (χ3n) is 3.77. The fourth-order valence-corrected chi connectivity index (χ4v) is 2.56. The number of benzene rings is 1. The molecule has 1 aromatic carbocycles. The normalized spacial score (nSPS) is 18.2. The average Bonchev–Trinajstić information content (AvgIpc) is 2.49. The maximum atomic E-state index is 10.8. The molecule has 1 fully saturated rings. The Morgan fingerprint density at radius 2 is 1.80 bits per heavy atom. The Balaban J connectivity index is 2.38. The molecule has 0 unspecified atom stereocenters. The van der Waals surface area contributed by atoms with Gasteiger partial charge >= 0.3 is 0 Å². The van der Waals surface area contributed by atoms with Crippen LogP contribution in [0.15, 0.2) is 18.2 Å². The first-order valence-corrected chi connectivity index (χ1v) is 6.69. The molecule has 0 saturated carbocycles. The summed E-state index contributed by atoms with van der Waals surface area (Å²) in [6, 6.07) is 5.61. The van der Waals surface area contributed by atoms with Crippen molar-refractivity contribution in [1.82, 2.24) is 0 Å². The van der Waals surface area contributed by atoms with Crippen LogP contribution in [0.3, 0.4) is 0 Å². The number of hydrogen-bond acceptors (Lipinski definition) is 5. The molecule has 0 bridgehead atoms. The van der Waals surface area contributed by atoms with Crippen LogP contribution in [0.25, 0.3) is 0 Å². The second kappa shape index (κ2) is 6.54. The van der Waals surface area contributed by atoms with Crippen LogP contribution in [0.1, 0.15) is 30.3 Å². The van der Waals surface area contributed by atoms with Crippen LogP contribution in [0.5, 0.6) is 5.75 Å². The summed E-state index contributed by atoms with van der Waals surface area (Å²) in [6.45, 7) is 1.13. The molecule has 1 aromatic rings. The predicted octanol–water partition coefficient (Wildman–Crippen LogP) is 1.98. The van der Waals surface area contributed by atoms with Crippen molar-refractivity contribution in [2.24, 2.45) is 0 Å². The standard InChI is InChI=1S/C15H22O5/c1-17-13-5-4-11(10-12(13)14(18-2)19-3)15(16)6-8-20-9-7-15/h4-5,10,14,16H,6-9H2,1-3H3. The lowest BCUT2D eigenvalue weighted by molar-refractivity contribution is -0.107. The molecule has 112 valence electrons. The lowest BCUT2D eigenvalue weighted by atomic mass is 9.85. The Hall–Kier alpha value is -1.14. The molecule has 2 rings (SSSR count). The fraction of sp³-hybridized carbons (Fsp3) is 0.600. The molecule has 1 saturated heterocycles. The van der Waals surface area contributed by atoms with Gasteiger partial charge in [0.15, 0.2) is 6.29 Å². The van der Waals surface area contributed by atoms with Gasteiger partial charge in [-0.3, -0.25) is 0 Å². The molecule has 0 atom stereocenters. The second-order valence-electron chi connectivity index (χ2n) is 4.90. The van der Waals surface area contributed by atoms with E-state index in [0.29, 0.717) is 31.8 Å². The van der Waals surface area contributed by atoms with E-state index in [1.54, 1.807) is 21.3 Å². The maximum absolute atomic E-state index is 10.8. The SMILES string of the molecule is COc1ccc(C2(O)CCOCC2)cc1C(OC)OC. The van der Waals surface area contributed by atoms with E-state index in [-0.39, 0.29) is 0 Å². The van der Waals surface area contributed by atoms with Gasteiger partial charge in [-0.2, -0.15) is 0 Å². The topological polar surface area (TPSA) is 57.2 Å². The van der Waals surface area contributed by atoms with Crippen LogP contribution in [0.4, 0.5) is 0 Å². The highest BCUT2D eigenvalue weighted by atomic mass is 16.7. The van der Waals surface area contributed by atoms with E-state index >= 15 is 0 Å². The molecule has 20 heavy (non-hydrogen) atoms. The summed E-state index contributed by atoms with van der Waals surface area (Å²) in [4.78, 5) is 0. The minimum absolute atomic E-state index is 0.520. The maximum Gasteiger partial charge on any atom is 0.186 e. The van der Waals surface area contributed by atoms with Gasteiger partial charge in [0.05, 0.1) is 18.3 Å². The average molecular weight is 282 g/mol. The first-order chi connectivity index (χ1) is 9.64. The summed E-state index contributed by atoms with van der Waals surface area (Å²) >= 11 is 0. The number of rotatable bonds is 5. The smallest absolute Gasteiger partial charge is 0.186 e. The molecular weight excluding hydrogens is 260 g/mol. The zero-order chi connectivity index (χ0) is 14.6. The van der Waals surface area contributed by atoms with E-state index in [4.69, 9.17) is 18.9 Å². The lowest BCUT2D eigenvalue weighted by Gasteiger charge is -2.33. The highest BCUT2D eigenvalue weighted by molar-refractivity contribution is 5.40. The number of methoxy groups -OCH3 is 3. The molecule has 0 spiro atoms. The van der Waals surface area contributed by atoms with Gasteiger partial charge in [0.1, 0.15) is 5.75 Å². The van der Waals surface area contributed by atoms with Gasteiger partial charge in [0, 0.05) is 40.3 Å². The van der Waals surface area contributed by atoms with E-state index < -0.39 is 11.9 Å². The van der Waals surface area contributed by atoms with Crippen LogP contribution in [0.2, 0.25) is 0 Å². The summed E-state index contributed by atoms with van der Waals surface area (Å²) in [5.41, 5.74) is 0.760. The van der Waals surface area contributed by atoms with Crippen LogP contribution in [0, 0.1) is 0 Å². The van der Waals surface area contributed by atoms with Gasteiger partial charge in [0.25, 0.3) is 0 Å². The highest BCUT2D eigenvalue weighted by Crippen LogP contribution is 2.36. The molecular formula is C15H22O5. The van der Waals surface area contributed by atoms with E-state index in [9.17, 15) is 5.11 Å². The molecule has 0 aromatic heterocycles. The van der Waals surface area contributed by atoms with Crippen molar-refractivity contribution in [2.75, 3.05) is 34.5 Å². The van der Waals surface area contributed by atoms with E-state index in [1.807, 2.05) is 18.2 Å². The van der Waals surface area contributed by atoms with Gasteiger partial charge in [-0.25, -0.2) is 0 Å². The first kappa shape index (κ1) is 15.3. The lowest BCUT2D eigenvalue weighted by Crippen LogP contribution is -2.33. The minimum Gasteiger partial charge on any atom is -0.496 e. The Kier molecular flexibility index (Phi) is 4.99. The monoisotopic (exact) mass is 282 g/mol. The van der Waals surface area contributed by atoms with Crippen LogP contribution in [-0.4, -0.2) is 39.6 Å². The zero-order valence-electron chi connectivity index (χ0n) is 12.2. The number of ether oxygens (including phenoxy) is 4. The molecule has 1 heterocycles. The first-order valence-electron chi connectivity index (χ1n) is 6.69. The number of hydrogen-bond donors (Lipinski definition) is 1. The Bertz CT molecular complexity index is 436. The van der Waals surface area contributed by atoms with Gasteiger partial charge < -0.3 is 24.1 Å². The molecule has 1 aliphatic rings. The van der Waals surface area contributed by atoms with Crippen molar-refractivity contribution in [3.05, 3.63) is 29.3 Å². The second-order valence-corrected chi connectivity index (χ2v) is 4.90. The summed E-state index contributed by atoms with van der Waals surface area (Å²) in [6.07, 6.45) is 0.653. The zero-order valence-corrected chi connectivity index (χ0v) is 12.2. The van der Waals surface area contributed by atoms with Gasteiger partial charge in [-0.05, 0) is 17.7 Å². The van der Waals surface area contributed by atoms with Crippen LogP contribution >= 0.6 is 0 Å². The highest BCUT2D eigenvalue weighted by Gasteiger charge is 2.33. The van der Waals surface area contributed by atoms with Gasteiger partial charge in [0.2, 0.25) is 0 Å². The summed E-state index contributed by atoms with van der Waals surface area (Å²) in [7, 11) is 4.75. The molecule has 0 amide bonds. The fourth-order valence-electron chi connectivity index (χ4n) is 2.56. The molecule has 0 aliphatic carbocycles. The summed E-state index contributed by atoms with van der Waals surface area (Å²) < 4.78 is 21.2. The Labute approximate surface area is 119 Å². The van der Waals surface area contributed by atoms with Crippen molar-refractivity contribution < 1.29 is 24.1 Å². The molecule has 5 nitrogen and oxygen atoms in total. The van der Waals surface area contributed by atoms with Crippen LogP contribution in [-0.2, 0) is 19.8 Å². The third kappa shape index (κ3) is 2.96. The number of aliphatic hydroxyl groups is 1. The molecule has 0 radical (unpaired) electrons. The molecule has 5 heteroatoms. The van der Waals surface area contributed by atoms with E-state index in [1.165, 1.54) is 0 Å². The van der Waals surface area contributed by atoms with E-state index in [2.05, 4.69) is 0 Å². The summed E-state index contributed by atoms with van der Waals surface area (Å²) in [5.74, 6) is 0.679. The van der Waals surface area contributed by atoms with Crippen molar-refractivity contribution in [3.8, 4) is 5.75 Å². The minimum atomic E-state index is -0.856. The molecule has 1 aliphatic heterocycles. The predicted molar refractivity (Wildman–Crippen MR) is 73.7 cm³/mol. The Morgan fingerprint density at radius 1 is 1.15 bits per heavy atom. The third-order valence-corrected chi connectivity index (χ3v) is 3.77. The van der Waals surface area contributed by atoms with Crippen LogP contribution < -0.4 is 4.74 Å². The van der Waals surface area contributed by atoms with Crippen molar-refractivity contribution in [2.45, 2.75) is 24.7 Å². The van der Waals surface area contributed by atoms with Gasteiger partial charge in [-0.1, -0.05) is 6.07 Å². The van der Waals surface area contributed by atoms with E-state index in [0.717, 1.165) is 11.1 Å². The van der Waals surface area contributed by atoms with Crippen molar-refractivity contribution >= 4 is 0 Å². The Morgan fingerprint density at radius 3 is 2.35 bits per heavy atom. The van der Waals surface area contributed by atoms with Crippen molar-refractivity contribution in [3.63, 3.8) is 0 Å². The largest absolute Gasteiger partial charge is 0.496 e. The van der Waals surface area contributed by atoms with Gasteiger partial charge in [-0.15, -0.1) is 0 Å². The quantitative estimate of drug-likeness (QED) is 0.837. The summed E-state index contributed by atoms with van der Waals surface area (Å²) in [5, 5.41) is 10.8. The van der Waals surface area contributed by atoms with Crippen molar-refractivity contribution in [1.29, 1.82) is 0 Å². The molecule has 1 N–H and O–H groups in total.